The number of carbonyl (C=O) groups excluding carboxylic acids is 1. The van der Waals surface area contributed by atoms with Crippen molar-refractivity contribution in [2.75, 3.05) is 27.3 Å². The van der Waals surface area contributed by atoms with Gasteiger partial charge in [-0.1, -0.05) is 12.1 Å². The van der Waals surface area contributed by atoms with Crippen LogP contribution in [0.15, 0.2) is 29.2 Å². The molecule has 0 aromatic heterocycles. The van der Waals surface area contributed by atoms with Crippen molar-refractivity contribution in [3.05, 3.63) is 29.8 Å². The summed E-state index contributed by atoms with van der Waals surface area (Å²) in [6.45, 7) is 2.61. The van der Waals surface area contributed by atoms with Gasteiger partial charge in [-0.15, -0.1) is 0 Å². The molecule has 0 heterocycles. The maximum atomic E-state index is 11.7. The smallest absolute Gasteiger partial charge is 0.315 e. The first kappa shape index (κ1) is 17.4. The highest BCUT2D eigenvalue weighted by atomic mass is 32.2. The maximum Gasteiger partial charge on any atom is 0.315 e. The number of benzene rings is 1. The van der Waals surface area contributed by atoms with Crippen LogP contribution in [-0.2, 0) is 14.8 Å². The number of rotatable bonds is 7. The Morgan fingerprint density at radius 2 is 2.10 bits per heavy atom. The highest BCUT2D eigenvalue weighted by Gasteiger charge is 2.14. The van der Waals surface area contributed by atoms with Crippen LogP contribution in [0, 0.1) is 0 Å². The quantitative estimate of drug-likeness (QED) is 0.642. The molecular weight excluding hydrogens is 294 g/mol. The average Bonchev–Trinajstić information content (AvgIpc) is 2.47. The molecule has 7 nitrogen and oxygen atoms in total. The molecule has 0 aliphatic rings. The third-order valence-electron chi connectivity index (χ3n) is 2.88. The van der Waals surface area contributed by atoms with Gasteiger partial charge in [-0.05, 0) is 31.7 Å². The molecule has 0 radical (unpaired) electrons. The van der Waals surface area contributed by atoms with E-state index in [0.717, 1.165) is 0 Å². The van der Waals surface area contributed by atoms with Crippen LogP contribution in [0.25, 0.3) is 0 Å². The molecule has 0 aliphatic heterocycles. The predicted octanol–water partition coefficient (Wildman–Crippen LogP) is 0.601. The Balaban J connectivity index is 2.73. The van der Waals surface area contributed by atoms with E-state index in [1.54, 1.807) is 26.2 Å². The van der Waals surface area contributed by atoms with E-state index in [-0.39, 0.29) is 17.0 Å². The number of nitrogens with one attached hydrogen (secondary N) is 3. The van der Waals surface area contributed by atoms with Crippen LogP contribution < -0.4 is 15.4 Å². The van der Waals surface area contributed by atoms with Gasteiger partial charge in [-0.3, -0.25) is 0 Å². The number of hydrogen-bond donors (Lipinski definition) is 3. The molecule has 0 saturated heterocycles. The summed E-state index contributed by atoms with van der Waals surface area (Å²) in [7, 11) is -0.590. The highest BCUT2D eigenvalue weighted by Crippen LogP contribution is 2.17. The SMILES string of the molecule is CNS(=O)(=O)c1cccc([C@@H](C)NC(=O)NCCOC)c1. The molecule has 0 saturated carbocycles. The van der Waals surface area contributed by atoms with Crippen molar-refractivity contribution in [3.8, 4) is 0 Å². The van der Waals surface area contributed by atoms with E-state index >= 15 is 0 Å². The van der Waals surface area contributed by atoms with Crippen LogP contribution in [0.2, 0.25) is 0 Å². The molecule has 1 atom stereocenters. The summed E-state index contributed by atoms with van der Waals surface area (Å²) < 4.78 is 30.6. The van der Waals surface area contributed by atoms with Crippen molar-refractivity contribution in [1.29, 1.82) is 0 Å². The molecule has 1 aromatic rings. The topological polar surface area (TPSA) is 96.5 Å². The molecule has 0 fully saturated rings. The van der Waals surface area contributed by atoms with Gasteiger partial charge >= 0.3 is 6.03 Å². The second kappa shape index (κ2) is 7.96. The largest absolute Gasteiger partial charge is 0.383 e. The zero-order valence-electron chi connectivity index (χ0n) is 12.3. The third kappa shape index (κ3) is 5.33. The normalized spacial score (nSPS) is 12.7. The molecule has 0 unspecified atom stereocenters. The lowest BCUT2D eigenvalue weighted by Crippen LogP contribution is -2.38. The van der Waals surface area contributed by atoms with Gasteiger partial charge in [-0.2, -0.15) is 0 Å². The van der Waals surface area contributed by atoms with Crippen molar-refractivity contribution >= 4 is 16.1 Å². The van der Waals surface area contributed by atoms with Crippen LogP contribution >= 0.6 is 0 Å². The fourth-order valence-corrected chi connectivity index (χ4v) is 2.45. The van der Waals surface area contributed by atoms with E-state index in [9.17, 15) is 13.2 Å². The first-order valence-corrected chi connectivity index (χ1v) is 7.96. The van der Waals surface area contributed by atoms with Crippen LogP contribution in [-0.4, -0.2) is 41.8 Å². The predicted molar refractivity (Wildman–Crippen MR) is 79.5 cm³/mol. The lowest BCUT2D eigenvalue weighted by Gasteiger charge is -2.16. The lowest BCUT2D eigenvalue weighted by atomic mass is 10.1. The number of carbonyl (C=O) groups is 1. The number of methoxy groups -OCH3 is 1. The third-order valence-corrected chi connectivity index (χ3v) is 4.29. The van der Waals surface area contributed by atoms with Gasteiger partial charge in [0.1, 0.15) is 0 Å². The number of amides is 2. The van der Waals surface area contributed by atoms with E-state index in [1.165, 1.54) is 19.2 Å². The molecule has 21 heavy (non-hydrogen) atoms. The molecule has 0 bridgehead atoms. The lowest BCUT2D eigenvalue weighted by molar-refractivity contribution is 0.195. The summed E-state index contributed by atoms with van der Waals surface area (Å²) in [4.78, 5) is 11.8. The average molecular weight is 315 g/mol. The number of hydrogen-bond acceptors (Lipinski definition) is 4. The molecule has 1 aromatic carbocycles. The van der Waals surface area contributed by atoms with Crippen molar-refractivity contribution in [2.45, 2.75) is 17.9 Å². The molecule has 118 valence electrons. The van der Waals surface area contributed by atoms with Crippen LogP contribution in [0.5, 0.6) is 0 Å². The second-order valence-corrected chi connectivity index (χ2v) is 6.28. The molecular formula is C13H21N3O4S. The Hall–Kier alpha value is -1.64. The molecule has 0 aliphatic carbocycles. The zero-order valence-corrected chi connectivity index (χ0v) is 13.2. The minimum atomic E-state index is -3.50. The number of sulfonamides is 1. The molecule has 0 spiro atoms. The van der Waals surface area contributed by atoms with E-state index in [2.05, 4.69) is 15.4 Å². The van der Waals surface area contributed by atoms with E-state index in [1.807, 2.05) is 0 Å². The van der Waals surface area contributed by atoms with Crippen molar-refractivity contribution in [1.82, 2.24) is 15.4 Å². The molecule has 2 amide bonds. The van der Waals surface area contributed by atoms with Crippen LogP contribution in [0.3, 0.4) is 0 Å². The molecule has 3 N–H and O–H groups in total. The second-order valence-electron chi connectivity index (χ2n) is 4.39. The van der Waals surface area contributed by atoms with E-state index in [0.29, 0.717) is 18.7 Å². The van der Waals surface area contributed by atoms with Crippen LogP contribution in [0.1, 0.15) is 18.5 Å². The summed E-state index contributed by atoms with van der Waals surface area (Å²) >= 11 is 0. The summed E-state index contributed by atoms with van der Waals surface area (Å²) in [5.41, 5.74) is 0.702. The Kier molecular flexibility index (Phi) is 6.60. The van der Waals surface area contributed by atoms with Gasteiger partial charge in [0, 0.05) is 13.7 Å². The van der Waals surface area contributed by atoms with Gasteiger partial charge in [0.05, 0.1) is 17.5 Å². The van der Waals surface area contributed by atoms with Crippen molar-refractivity contribution in [2.24, 2.45) is 0 Å². The van der Waals surface area contributed by atoms with E-state index < -0.39 is 10.0 Å². The van der Waals surface area contributed by atoms with Gasteiger partial charge in [0.15, 0.2) is 0 Å². The monoisotopic (exact) mass is 315 g/mol. The minimum Gasteiger partial charge on any atom is -0.383 e. The summed E-state index contributed by atoms with van der Waals surface area (Å²) in [5.74, 6) is 0. The summed E-state index contributed by atoms with van der Waals surface area (Å²) in [6, 6.07) is 5.78. The Morgan fingerprint density at radius 1 is 1.38 bits per heavy atom. The zero-order chi connectivity index (χ0) is 15.9. The number of ether oxygens (including phenoxy) is 1. The highest BCUT2D eigenvalue weighted by molar-refractivity contribution is 7.89. The van der Waals surface area contributed by atoms with Crippen LogP contribution in [0.4, 0.5) is 4.79 Å². The Bertz CT molecular complexity index is 575. The van der Waals surface area contributed by atoms with Gasteiger partial charge < -0.3 is 15.4 Å². The molecule has 8 heteroatoms. The Labute approximate surface area is 125 Å². The van der Waals surface area contributed by atoms with Gasteiger partial charge in [-0.25, -0.2) is 17.9 Å². The first-order valence-electron chi connectivity index (χ1n) is 6.47. The number of urea groups is 1. The van der Waals surface area contributed by atoms with E-state index in [4.69, 9.17) is 4.74 Å². The molecule has 1 rings (SSSR count). The fourth-order valence-electron chi connectivity index (χ4n) is 1.67. The minimum absolute atomic E-state index is 0.163. The standard InChI is InChI=1S/C13H21N3O4S/c1-10(16-13(17)15-7-8-20-3)11-5-4-6-12(9-11)21(18,19)14-2/h4-6,9-10,14H,7-8H2,1-3H3,(H2,15,16,17)/t10-/m1/s1. The van der Waals surface area contributed by atoms with Gasteiger partial charge in [0.25, 0.3) is 0 Å². The maximum absolute atomic E-state index is 11.7. The fraction of sp³-hybridized carbons (Fsp3) is 0.462. The summed E-state index contributed by atoms with van der Waals surface area (Å²) in [6.07, 6.45) is 0. The Morgan fingerprint density at radius 3 is 2.71 bits per heavy atom. The first-order chi connectivity index (χ1) is 9.90. The van der Waals surface area contributed by atoms with Gasteiger partial charge in [0.2, 0.25) is 10.0 Å². The van der Waals surface area contributed by atoms with Crippen molar-refractivity contribution < 1.29 is 17.9 Å². The summed E-state index contributed by atoms with van der Waals surface area (Å²) in [5, 5.41) is 5.37. The van der Waals surface area contributed by atoms with Crippen molar-refractivity contribution in [3.63, 3.8) is 0 Å².